The number of ether oxygens (including phenoxy) is 1. The van der Waals surface area contributed by atoms with Crippen LogP contribution in [0.1, 0.15) is 45.6 Å². The van der Waals surface area contributed by atoms with Crippen molar-refractivity contribution >= 4 is 29.4 Å². The van der Waals surface area contributed by atoms with Crippen LogP contribution in [0.2, 0.25) is 0 Å². The van der Waals surface area contributed by atoms with Crippen molar-refractivity contribution in [1.29, 1.82) is 0 Å². The number of urea groups is 1. The van der Waals surface area contributed by atoms with E-state index < -0.39 is 11.9 Å². The highest BCUT2D eigenvalue weighted by atomic mass is 16.5. The standard InChI is InChI=1S/C28H28N6O5/c29-12-21-3-1-18(14-30-21)16-39-22-6-4-20(5-7-22)32-28(38)31-13-17-2-8-23-19(11-17)15-34(27(23)37)24-9-10-25(35)33-26(24)36/h1-8,11,14,24H,9-10,12-13,15-16,29H2,(H2,31,32,38)(H,33,35,36). The van der Waals surface area contributed by atoms with Crippen molar-refractivity contribution in [3.05, 3.63) is 88.7 Å². The molecule has 0 spiro atoms. The van der Waals surface area contributed by atoms with E-state index in [1.165, 1.54) is 4.90 Å². The van der Waals surface area contributed by atoms with Crippen LogP contribution in [0.4, 0.5) is 10.5 Å². The van der Waals surface area contributed by atoms with Gasteiger partial charge in [-0.3, -0.25) is 24.7 Å². The smallest absolute Gasteiger partial charge is 0.319 e. The Morgan fingerprint density at radius 2 is 1.87 bits per heavy atom. The molecule has 2 aromatic carbocycles. The number of carbonyl (C=O) groups excluding carboxylic acids is 4. The number of piperidine rings is 1. The highest BCUT2D eigenvalue weighted by Crippen LogP contribution is 2.28. The maximum absolute atomic E-state index is 12.8. The Hall–Kier alpha value is -4.77. The van der Waals surface area contributed by atoms with Gasteiger partial charge in [-0.2, -0.15) is 0 Å². The lowest BCUT2D eigenvalue weighted by atomic mass is 10.0. The number of rotatable bonds is 8. The van der Waals surface area contributed by atoms with Crippen molar-refractivity contribution in [3.8, 4) is 5.75 Å². The second-order valence-corrected chi connectivity index (χ2v) is 9.37. The van der Waals surface area contributed by atoms with Crippen molar-refractivity contribution in [2.24, 2.45) is 5.73 Å². The van der Waals surface area contributed by atoms with E-state index in [1.54, 1.807) is 42.6 Å². The number of carbonyl (C=O) groups is 4. The van der Waals surface area contributed by atoms with Crippen LogP contribution in [-0.4, -0.2) is 39.7 Å². The second-order valence-electron chi connectivity index (χ2n) is 9.37. The maximum atomic E-state index is 12.8. The monoisotopic (exact) mass is 528 g/mol. The molecule has 2 aliphatic heterocycles. The first-order valence-corrected chi connectivity index (χ1v) is 12.6. The first-order chi connectivity index (χ1) is 18.9. The van der Waals surface area contributed by atoms with Crippen LogP contribution in [0, 0.1) is 0 Å². The molecule has 1 unspecified atom stereocenters. The van der Waals surface area contributed by atoms with Crippen LogP contribution in [0.15, 0.2) is 60.8 Å². The lowest BCUT2D eigenvalue weighted by Crippen LogP contribution is -2.52. The Morgan fingerprint density at radius 1 is 1.08 bits per heavy atom. The molecule has 1 saturated heterocycles. The molecule has 5 amide bonds. The third-order valence-electron chi connectivity index (χ3n) is 6.65. The minimum atomic E-state index is -0.661. The quantitative estimate of drug-likeness (QED) is 0.327. The van der Waals surface area contributed by atoms with Gasteiger partial charge in [0.05, 0.1) is 5.69 Å². The van der Waals surface area contributed by atoms with Crippen LogP contribution in [0.3, 0.4) is 0 Å². The van der Waals surface area contributed by atoms with Gasteiger partial charge in [0.1, 0.15) is 18.4 Å². The highest BCUT2D eigenvalue weighted by Gasteiger charge is 2.39. The molecule has 11 heteroatoms. The van der Waals surface area contributed by atoms with Gasteiger partial charge in [-0.05, 0) is 53.9 Å². The van der Waals surface area contributed by atoms with Gasteiger partial charge in [0.2, 0.25) is 11.8 Å². The molecule has 1 fully saturated rings. The zero-order valence-corrected chi connectivity index (χ0v) is 21.1. The summed E-state index contributed by atoms with van der Waals surface area (Å²) in [5.41, 5.74) is 10.0. The van der Waals surface area contributed by atoms with Crippen LogP contribution >= 0.6 is 0 Å². The average molecular weight is 529 g/mol. The van der Waals surface area contributed by atoms with E-state index in [-0.39, 0.29) is 37.4 Å². The van der Waals surface area contributed by atoms with E-state index in [9.17, 15) is 19.2 Å². The third kappa shape index (κ3) is 6.04. The zero-order chi connectivity index (χ0) is 27.4. The van der Waals surface area contributed by atoms with Gasteiger partial charge in [-0.1, -0.05) is 18.2 Å². The molecule has 0 bridgehead atoms. The molecule has 200 valence electrons. The second kappa shape index (κ2) is 11.3. The van der Waals surface area contributed by atoms with E-state index >= 15 is 0 Å². The maximum Gasteiger partial charge on any atom is 0.319 e. The lowest BCUT2D eigenvalue weighted by Gasteiger charge is -2.29. The average Bonchev–Trinajstić information content (AvgIpc) is 3.27. The number of pyridine rings is 1. The fourth-order valence-corrected chi connectivity index (χ4v) is 4.56. The molecule has 0 aliphatic carbocycles. The minimum Gasteiger partial charge on any atom is -0.489 e. The topological polar surface area (TPSA) is 156 Å². The fraction of sp³-hybridized carbons (Fsp3) is 0.250. The van der Waals surface area contributed by atoms with E-state index in [0.717, 1.165) is 22.4 Å². The molecule has 11 nitrogen and oxygen atoms in total. The van der Waals surface area contributed by atoms with E-state index in [1.807, 2.05) is 18.2 Å². The SMILES string of the molecule is NCc1ccc(COc2ccc(NC(=O)NCc3ccc4c(c3)CN(C3CCC(=O)NC3=O)C4=O)cc2)cn1. The molecule has 3 aromatic rings. The fourth-order valence-electron chi connectivity index (χ4n) is 4.56. The molecule has 1 aromatic heterocycles. The normalized spacial score (nSPS) is 16.5. The van der Waals surface area contributed by atoms with Gasteiger partial charge >= 0.3 is 6.03 Å². The molecule has 2 aliphatic rings. The summed E-state index contributed by atoms with van der Waals surface area (Å²) >= 11 is 0. The zero-order valence-electron chi connectivity index (χ0n) is 21.1. The Balaban J connectivity index is 1.10. The molecule has 0 radical (unpaired) electrons. The van der Waals surface area contributed by atoms with Crippen LogP contribution in [0.5, 0.6) is 5.75 Å². The van der Waals surface area contributed by atoms with Crippen LogP contribution in [0.25, 0.3) is 0 Å². The third-order valence-corrected chi connectivity index (χ3v) is 6.65. The number of nitrogens with one attached hydrogen (secondary N) is 3. The minimum absolute atomic E-state index is 0.207. The summed E-state index contributed by atoms with van der Waals surface area (Å²) < 4.78 is 5.77. The molecule has 5 N–H and O–H groups in total. The summed E-state index contributed by atoms with van der Waals surface area (Å²) in [4.78, 5) is 54.7. The van der Waals surface area contributed by atoms with Crippen LogP contribution in [-0.2, 0) is 35.8 Å². The summed E-state index contributed by atoms with van der Waals surface area (Å²) in [5.74, 6) is -0.340. The van der Waals surface area contributed by atoms with E-state index in [4.69, 9.17) is 10.5 Å². The largest absolute Gasteiger partial charge is 0.489 e. The number of nitrogens with zero attached hydrogens (tertiary/aromatic N) is 2. The van der Waals surface area contributed by atoms with Gasteiger partial charge in [-0.15, -0.1) is 0 Å². The summed E-state index contributed by atoms with van der Waals surface area (Å²) in [6, 6.07) is 15.1. The predicted octanol–water partition coefficient (Wildman–Crippen LogP) is 2.20. The first kappa shape index (κ1) is 25.9. The van der Waals surface area contributed by atoms with Gasteiger partial charge in [0.15, 0.2) is 0 Å². The molecule has 1 atom stereocenters. The number of hydrogen-bond acceptors (Lipinski definition) is 7. The number of anilines is 1. The van der Waals surface area contributed by atoms with Gasteiger partial charge < -0.3 is 26.0 Å². The van der Waals surface area contributed by atoms with Crippen molar-refractivity contribution < 1.29 is 23.9 Å². The van der Waals surface area contributed by atoms with Gasteiger partial charge in [-0.25, -0.2) is 4.79 Å². The molecule has 5 rings (SSSR count). The summed E-state index contributed by atoms with van der Waals surface area (Å²) in [6.45, 7) is 1.29. The number of hydrogen-bond donors (Lipinski definition) is 4. The van der Waals surface area contributed by atoms with Crippen molar-refractivity contribution in [1.82, 2.24) is 20.5 Å². The Labute approximate surface area is 224 Å². The Kier molecular flexibility index (Phi) is 7.50. The van der Waals surface area contributed by atoms with Crippen molar-refractivity contribution in [2.75, 3.05) is 5.32 Å². The van der Waals surface area contributed by atoms with Crippen molar-refractivity contribution in [2.45, 2.75) is 45.1 Å². The molecular weight excluding hydrogens is 500 g/mol. The Morgan fingerprint density at radius 3 is 2.59 bits per heavy atom. The number of aromatic nitrogens is 1. The molecular formula is C28H28N6O5. The lowest BCUT2D eigenvalue weighted by molar-refractivity contribution is -0.136. The number of fused-ring (bicyclic) bond motifs is 1. The number of imide groups is 1. The number of amides is 5. The summed E-state index contributed by atoms with van der Waals surface area (Å²) in [7, 11) is 0. The Bertz CT molecular complexity index is 1410. The van der Waals surface area contributed by atoms with Gasteiger partial charge in [0.25, 0.3) is 5.91 Å². The predicted molar refractivity (Wildman–Crippen MR) is 141 cm³/mol. The molecule has 39 heavy (non-hydrogen) atoms. The van der Waals surface area contributed by atoms with E-state index in [0.29, 0.717) is 36.6 Å². The summed E-state index contributed by atoms with van der Waals surface area (Å²) in [6.07, 6.45) is 2.25. The van der Waals surface area contributed by atoms with Gasteiger partial charge in [0, 0.05) is 49.1 Å². The number of benzene rings is 2. The van der Waals surface area contributed by atoms with E-state index in [2.05, 4.69) is 20.9 Å². The highest BCUT2D eigenvalue weighted by molar-refractivity contribution is 6.05. The molecule has 3 heterocycles. The summed E-state index contributed by atoms with van der Waals surface area (Å²) in [5, 5.41) is 7.89. The molecule has 0 saturated carbocycles. The van der Waals surface area contributed by atoms with Crippen molar-refractivity contribution in [3.63, 3.8) is 0 Å². The number of nitrogens with two attached hydrogens (primary N) is 1. The first-order valence-electron chi connectivity index (χ1n) is 12.6. The van der Waals surface area contributed by atoms with Crippen LogP contribution < -0.4 is 26.4 Å².